The molecule has 0 saturated carbocycles. The van der Waals surface area contributed by atoms with Crippen molar-refractivity contribution in [3.8, 4) is 5.75 Å². The topological polar surface area (TPSA) is 36.5 Å². The van der Waals surface area contributed by atoms with E-state index in [1.807, 2.05) is 24.3 Å². The number of anilines is 1. The molecular weight excluding hydrogens is 270 g/mol. The Morgan fingerprint density at radius 1 is 1.45 bits per heavy atom. The van der Waals surface area contributed by atoms with Crippen LogP contribution < -0.4 is 15.4 Å². The summed E-state index contributed by atoms with van der Waals surface area (Å²) in [7, 11) is 3.84. The summed E-state index contributed by atoms with van der Waals surface area (Å²) < 4.78 is 5.30. The molecule has 0 bridgehead atoms. The van der Waals surface area contributed by atoms with Crippen molar-refractivity contribution in [3.63, 3.8) is 0 Å². The summed E-state index contributed by atoms with van der Waals surface area (Å²) in [5.74, 6) is 1.47. The highest BCUT2D eigenvalue weighted by Gasteiger charge is 2.17. The van der Waals surface area contributed by atoms with Crippen LogP contribution in [0.5, 0.6) is 5.75 Å². The van der Waals surface area contributed by atoms with Gasteiger partial charge in [0, 0.05) is 13.1 Å². The fourth-order valence-electron chi connectivity index (χ4n) is 2.59. The quantitative estimate of drug-likeness (QED) is 0.833. The number of benzene rings is 1. The van der Waals surface area contributed by atoms with Gasteiger partial charge in [0.15, 0.2) is 5.11 Å². The minimum absolute atomic E-state index is 0.655. The first-order valence-corrected chi connectivity index (χ1v) is 7.46. The van der Waals surface area contributed by atoms with Gasteiger partial charge in [-0.3, -0.25) is 0 Å². The molecule has 0 radical (unpaired) electrons. The van der Waals surface area contributed by atoms with E-state index in [0.717, 1.165) is 24.5 Å². The van der Waals surface area contributed by atoms with Crippen molar-refractivity contribution >= 4 is 23.0 Å². The maximum absolute atomic E-state index is 5.35. The number of hydrogen-bond donors (Lipinski definition) is 2. The second-order valence-electron chi connectivity index (χ2n) is 5.31. The number of ether oxygens (including phenoxy) is 1. The van der Waals surface area contributed by atoms with Gasteiger partial charge in [0.25, 0.3) is 0 Å². The van der Waals surface area contributed by atoms with Crippen LogP contribution in [0, 0.1) is 5.92 Å². The molecule has 1 aliphatic heterocycles. The lowest BCUT2D eigenvalue weighted by Gasteiger charge is -2.30. The van der Waals surface area contributed by atoms with Crippen LogP contribution in [0.1, 0.15) is 12.8 Å². The summed E-state index contributed by atoms with van der Waals surface area (Å²) in [5, 5.41) is 7.16. The molecule has 2 rings (SSSR count). The smallest absolute Gasteiger partial charge is 0.170 e. The van der Waals surface area contributed by atoms with Gasteiger partial charge in [-0.15, -0.1) is 0 Å². The number of nitrogens with zero attached hydrogens (tertiary/aromatic N) is 1. The van der Waals surface area contributed by atoms with Crippen molar-refractivity contribution in [2.24, 2.45) is 5.92 Å². The molecule has 0 amide bonds. The van der Waals surface area contributed by atoms with Crippen LogP contribution in [0.2, 0.25) is 0 Å². The van der Waals surface area contributed by atoms with Gasteiger partial charge in [-0.25, -0.2) is 0 Å². The minimum atomic E-state index is 0.655. The molecule has 2 N–H and O–H groups in total. The third kappa shape index (κ3) is 4.35. The number of rotatable bonds is 4. The lowest BCUT2D eigenvalue weighted by molar-refractivity contribution is 0.211. The van der Waals surface area contributed by atoms with Gasteiger partial charge >= 0.3 is 0 Å². The predicted octanol–water partition coefficient (Wildman–Crippen LogP) is 2.32. The number of nitrogens with one attached hydrogen (secondary N) is 2. The van der Waals surface area contributed by atoms with Gasteiger partial charge in [-0.1, -0.05) is 12.1 Å². The fraction of sp³-hybridized carbons (Fsp3) is 0.533. The molecule has 1 aliphatic rings. The monoisotopic (exact) mass is 293 g/mol. The Balaban J connectivity index is 1.80. The van der Waals surface area contributed by atoms with E-state index in [1.54, 1.807) is 7.11 Å². The molecule has 4 nitrogen and oxygen atoms in total. The second kappa shape index (κ2) is 7.45. The van der Waals surface area contributed by atoms with E-state index in [4.69, 9.17) is 17.0 Å². The molecule has 0 aliphatic carbocycles. The van der Waals surface area contributed by atoms with Crippen molar-refractivity contribution in [2.75, 3.05) is 39.1 Å². The van der Waals surface area contributed by atoms with Crippen LogP contribution in [0.15, 0.2) is 24.3 Å². The Morgan fingerprint density at radius 3 is 3.00 bits per heavy atom. The lowest BCUT2D eigenvalue weighted by atomic mass is 9.99. The molecule has 20 heavy (non-hydrogen) atoms. The van der Waals surface area contributed by atoms with E-state index in [0.29, 0.717) is 11.0 Å². The number of methoxy groups -OCH3 is 1. The second-order valence-corrected chi connectivity index (χ2v) is 5.71. The summed E-state index contributed by atoms with van der Waals surface area (Å²) in [5.41, 5.74) is 0.897. The summed E-state index contributed by atoms with van der Waals surface area (Å²) >= 11 is 5.35. The van der Waals surface area contributed by atoms with Crippen molar-refractivity contribution in [2.45, 2.75) is 12.8 Å². The summed E-state index contributed by atoms with van der Waals surface area (Å²) in [4.78, 5) is 2.38. The van der Waals surface area contributed by atoms with Crippen LogP contribution in [-0.4, -0.2) is 43.8 Å². The molecule has 0 unspecified atom stereocenters. The largest absolute Gasteiger partial charge is 0.495 e. The zero-order chi connectivity index (χ0) is 14.4. The lowest BCUT2D eigenvalue weighted by Crippen LogP contribution is -2.40. The number of piperidine rings is 1. The SMILES string of the molecule is COc1ccccc1NC(=S)NC[C@H]1CCCN(C)C1. The van der Waals surface area contributed by atoms with Crippen LogP contribution >= 0.6 is 12.2 Å². The van der Waals surface area contributed by atoms with Crippen LogP contribution in [-0.2, 0) is 0 Å². The molecule has 0 spiro atoms. The zero-order valence-electron chi connectivity index (χ0n) is 12.2. The number of para-hydroxylation sites is 2. The Kier molecular flexibility index (Phi) is 5.61. The van der Waals surface area contributed by atoms with E-state index in [1.165, 1.54) is 19.4 Å². The minimum Gasteiger partial charge on any atom is -0.495 e. The van der Waals surface area contributed by atoms with Crippen LogP contribution in [0.25, 0.3) is 0 Å². The van der Waals surface area contributed by atoms with Crippen LogP contribution in [0.4, 0.5) is 5.69 Å². The Bertz CT molecular complexity index is 452. The average Bonchev–Trinajstić information content (AvgIpc) is 2.46. The van der Waals surface area contributed by atoms with E-state index in [9.17, 15) is 0 Å². The van der Waals surface area contributed by atoms with E-state index in [-0.39, 0.29) is 0 Å². The van der Waals surface area contributed by atoms with Gasteiger partial charge in [0.1, 0.15) is 5.75 Å². The molecule has 1 heterocycles. The molecule has 110 valence electrons. The van der Waals surface area contributed by atoms with Gasteiger partial charge in [0.05, 0.1) is 12.8 Å². The highest BCUT2D eigenvalue weighted by Crippen LogP contribution is 2.22. The number of likely N-dealkylation sites (tertiary alicyclic amines) is 1. The predicted molar refractivity (Wildman–Crippen MR) is 87.4 cm³/mol. The van der Waals surface area contributed by atoms with Gasteiger partial charge in [0.2, 0.25) is 0 Å². The highest BCUT2D eigenvalue weighted by molar-refractivity contribution is 7.80. The van der Waals surface area contributed by atoms with Crippen LogP contribution in [0.3, 0.4) is 0 Å². The third-order valence-corrected chi connectivity index (χ3v) is 3.87. The van der Waals surface area contributed by atoms with Crippen molar-refractivity contribution in [3.05, 3.63) is 24.3 Å². The maximum Gasteiger partial charge on any atom is 0.170 e. The summed E-state index contributed by atoms with van der Waals surface area (Å²) in [6.45, 7) is 3.27. The van der Waals surface area contributed by atoms with Crippen molar-refractivity contribution in [1.82, 2.24) is 10.2 Å². The van der Waals surface area contributed by atoms with Crippen molar-refractivity contribution < 1.29 is 4.74 Å². The number of thiocarbonyl (C=S) groups is 1. The first-order chi connectivity index (χ1) is 9.69. The average molecular weight is 293 g/mol. The molecule has 1 aromatic rings. The maximum atomic E-state index is 5.35. The Labute approximate surface area is 126 Å². The Hall–Kier alpha value is -1.33. The van der Waals surface area contributed by atoms with Crippen molar-refractivity contribution in [1.29, 1.82) is 0 Å². The van der Waals surface area contributed by atoms with E-state index >= 15 is 0 Å². The van der Waals surface area contributed by atoms with E-state index in [2.05, 4.69) is 22.6 Å². The zero-order valence-corrected chi connectivity index (χ0v) is 13.0. The molecule has 1 aromatic carbocycles. The van der Waals surface area contributed by atoms with Gasteiger partial charge in [-0.2, -0.15) is 0 Å². The molecular formula is C15H23N3OS. The molecule has 1 saturated heterocycles. The molecule has 1 fully saturated rings. The summed E-state index contributed by atoms with van der Waals surface area (Å²) in [6, 6.07) is 7.78. The van der Waals surface area contributed by atoms with Gasteiger partial charge in [-0.05, 0) is 56.7 Å². The standard InChI is InChI=1S/C15H23N3OS/c1-18-9-5-6-12(11-18)10-16-15(20)17-13-7-3-4-8-14(13)19-2/h3-4,7-8,12H,5-6,9-11H2,1-2H3,(H2,16,17,20)/t12-/m1/s1. The Morgan fingerprint density at radius 2 is 2.25 bits per heavy atom. The first-order valence-electron chi connectivity index (χ1n) is 7.05. The number of hydrogen-bond acceptors (Lipinski definition) is 3. The normalized spacial score (nSPS) is 19.4. The van der Waals surface area contributed by atoms with Gasteiger partial charge < -0.3 is 20.3 Å². The molecule has 0 aromatic heterocycles. The molecule has 1 atom stereocenters. The molecule has 5 heteroatoms. The van der Waals surface area contributed by atoms with E-state index < -0.39 is 0 Å². The third-order valence-electron chi connectivity index (χ3n) is 3.63. The fourth-order valence-corrected chi connectivity index (χ4v) is 2.78. The highest BCUT2D eigenvalue weighted by atomic mass is 32.1. The first kappa shape index (κ1) is 15.1. The summed E-state index contributed by atoms with van der Waals surface area (Å²) in [6.07, 6.45) is 2.55.